The van der Waals surface area contributed by atoms with E-state index in [9.17, 15) is 9.59 Å². The van der Waals surface area contributed by atoms with Crippen LogP contribution < -0.4 is 20.3 Å². The highest BCUT2D eigenvalue weighted by Gasteiger charge is 2.28. The lowest BCUT2D eigenvalue weighted by Gasteiger charge is -2.31. The molecular weight excluding hydrogens is 502 g/mol. The number of para-hydroxylation sites is 1. The molecule has 0 spiro atoms. The Morgan fingerprint density at radius 3 is 2.27 bits per heavy atom. The Bertz CT molecular complexity index is 1560. The molecule has 1 aliphatic rings. The zero-order valence-electron chi connectivity index (χ0n) is 22.2. The number of hydrogen-bond acceptors (Lipinski definition) is 5. The van der Waals surface area contributed by atoms with Crippen LogP contribution in [0.1, 0.15) is 40.0 Å². The summed E-state index contributed by atoms with van der Waals surface area (Å²) in [5.74, 6) is 6.94. The third-order valence-electron chi connectivity index (χ3n) is 6.53. The fourth-order valence-corrected chi connectivity index (χ4v) is 4.47. The molecule has 0 saturated heterocycles. The van der Waals surface area contributed by atoms with Crippen molar-refractivity contribution in [1.29, 1.82) is 0 Å². The van der Waals surface area contributed by atoms with E-state index in [4.69, 9.17) is 9.47 Å². The van der Waals surface area contributed by atoms with Crippen LogP contribution in [0.15, 0.2) is 102 Å². The van der Waals surface area contributed by atoms with E-state index >= 15 is 0 Å². The number of pyridine rings is 1. The third kappa shape index (κ3) is 6.72. The van der Waals surface area contributed by atoms with Gasteiger partial charge in [-0.1, -0.05) is 84.8 Å². The van der Waals surface area contributed by atoms with E-state index in [-0.39, 0.29) is 29.4 Å². The van der Waals surface area contributed by atoms with Gasteiger partial charge in [0.25, 0.3) is 5.91 Å². The minimum absolute atomic E-state index is 0.0457. The number of nitrogens with one attached hydrogen (secondary N) is 1. The molecule has 1 aliphatic heterocycles. The molecule has 0 atom stereocenters. The van der Waals surface area contributed by atoms with E-state index in [1.807, 2.05) is 66.7 Å². The highest BCUT2D eigenvalue weighted by molar-refractivity contribution is 5.96. The number of carbonyl (C=O) groups is 1. The van der Waals surface area contributed by atoms with Gasteiger partial charge < -0.3 is 19.8 Å². The molecule has 0 fully saturated rings. The largest absolute Gasteiger partial charge is 0.492 e. The number of nitrogens with zero attached hydrogens (tertiary/aromatic N) is 2. The first-order valence-electron chi connectivity index (χ1n) is 13.3. The summed E-state index contributed by atoms with van der Waals surface area (Å²) in [6.07, 6.45) is 3.46. The van der Waals surface area contributed by atoms with Crippen molar-refractivity contribution in [1.82, 2.24) is 9.58 Å². The molecule has 0 unspecified atom stereocenters. The van der Waals surface area contributed by atoms with Crippen LogP contribution in [0.25, 0.3) is 0 Å². The first-order valence-corrected chi connectivity index (χ1v) is 13.3. The van der Waals surface area contributed by atoms with Crippen LogP contribution in [-0.4, -0.2) is 35.3 Å². The Kier molecular flexibility index (Phi) is 8.80. The summed E-state index contributed by atoms with van der Waals surface area (Å²) in [5.41, 5.74) is 6.31. The lowest BCUT2D eigenvalue weighted by molar-refractivity contribution is 0.0723. The number of rotatable bonds is 10. The number of aromatic nitrogens is 1. The van der Waals surface area contributed by atoms with Crippen LogP contribution in [0.5, 0.6) is 11.5 Å². The van der Waals surface area contributed by atoms with Gasteiger partial charge in [-0.25, -0.2) is 0 Å². The smallest absolute Gasteiger partial charge is 0.277 e. The maximum atomic E-state index is 13.3. The normalized spacial score (nSPS) is 12.1. The maximum Gasteiger partial charge on any atom is 0.277 e. The van der Waals surface area contributed by atoms with Gasteiger partial charge in [0.2, 0.25) is 5.43 Å². The van der Waals surface area contributed by atoms with E-state index in [0.29, 0.717) is 32.7 Å². The Labute approximate surface area is 234 Å². The quantitative estimate of drug-likeness (QED) is 0.233. The molecular formula is C33H31N3O4. The van der Waals surface area contributed by atoms with Crippen LogP contribution in [0.2, 0.25) is 0 Å². The molecule has 2 heterocycles. The van der Waals surface area contributed by atoms with Crippen molar-refractivity contribution in [3.63, 3.8) is 0 Å². The summed E-state index contributed by atoms with van der Waals surface area (Å²) < 4.78 is 13.4. The summed E-state index contributed by atoms with van der Waals surface area (Å²) in [6.45, 7) is 1.43. The van der Waals surface area contributed by atoms with Crippen LogP contribution in [-0.2, 0) is 13.0 Å². The van der Waals surface area contributed by atoms with Crippen LogP contribution in [0, 0.1) is 11.8 Å². The molecule has 0 aliphatic carbocycles. The molecule has 7 heteroatoms. The van der Waals surface area contributed by atoms with Gasteiger partial charge >= 0.3 is 0 Å². The van der Waals surface area contributed by atoms with Crippen molar-refractivity contribution in [2.75, 3.05) is 25.2 Å². The minimum atomic E-state index is -0.329. The van der Waals surface area contributed by atoms with Crippen molar-refractivity contribution in [3.05, 3.63) is 130 Å². The number of carbonyl (C=O) groups excluding carboxylic acids is 1. The predicted molar refractivity (Wildman–Crippen MR) is 155 cm³/mol. The average Bonchev–Trinajstić information content (AvgIpc) is 2.99. The number of ether oxygens (including phenoxy) is 2. The van der Waals surface area contributed by atoms with Crippen molar-refractivity contribution < 1.29 is 14.3 Å². The molecule has 1 aromatic heterocycles. The fourth-order valence-electron chi connectivity index (χ4n) is 4.47. The Morgan fingerprint density at radius 2 is 1.48 bits per heavy atom. The molecule has 40 heavy (non-hydrogen) atoms. The molecule has 0 bridgehead atoms. The SMILES string of the molecule is O=C1c2c(OCc3ccccc3)c(=O)ccn2NCN1CCC#CCCOc1ccccc1Cc1ccccc1. The van der Waals surface area contributed by atoms with E-state index in [1.54, 1.807) is 15.8 Å². The zero-order chi connectivity index (χ0) is 27.6. The highest BCUT2D eigenvalue weighted by atomic mass is 16.5. The summed E-state index contributed by atoms with van der Waals surface area (Å²) in [6, 6.07) is 29.3. The third-order valence-corrected chi connectivity index (χ3v) is 6.53. The van der Waals surface area contributed by atoms with Crippen LogP contribution in [0.3, 0.4) is 0 Å². The van der Waals surface area contributed by atoms with Gasteiger partial charge in [0.15, 0.2) is 11.4 Å². The number of benzene rings is 3. The molecule has 4 aromatic rings. The number of fused-ring (bicyclic) bond motifs is 1. The predicted octanol–water partition coefficient (Wildman–Crippen LogP) is 4.84. The van der Waals surface area contributed by atoms with E-state index in [0.717, 1.165) is 23.3 Å². The van der Waals surface area contributed by atoms with E-state index in [2.05, 4.69) is 35.5 Å². The van der Waals surface area contributed by atoms with E-state index < -0.39 is 0 Å². The Balaban J connectivity index is 1.12. The summed E-state index contributed by atoms with van der Waals surface area (Å²) in [4.78, 5) is 27.5. The number of hydrogen-bond donors (Lipinski definition) is 1. The van der Waals surface area contributed by atoms with Crippen molar-refractivity contribution in [3.8, 4) is 23.3 Å². The van der Waals surface area contributed by atoms with Crippen LogP contribution in [0.4, 0.5) is 0 Å². The second-order valence-corrected chi connectivity index (χ2v) is 9.36. The van der Waals surface area contributed by atoms with Gasteiger partial charge in [-0.15, -0.1) is 5.92 Å². The monoisotopic (exact) mass is 533 g/mol. The van der Waals surface area contributed by atoms with Gasteiger partial charge in [0.1, 0.15) is 19.0 Å². The summed E-state index contributed by atoms with van der Waals surface area (Å²) >= 11 is 0. The molecule has 3 aromatic carbocycles. The number of amides is 1. The standard InChI is InChI=1S/C33H31N3O4/c37-29-19-21-36-31(32(29)40-24-27-15-7-4-8-16-27)33(38)35(25-34-36)20-11-1-2-12-22-39-30-18-10-9-17-28(30)23-26-13-5-3-6-14-26/h3-10,13-19,21,34H,11-12,20,22-25H2. The van der Waals surface area contributed by atoms with Crippen LogP contribution >= 0.6 is 0 Å². The first-order chi connectivity index (χ1) is 19.7. The second kappa shape index (κ2) is 13.2. The summed E-state index contributed by atoms with van der Waals surface area (Å²) in [5, 5.41) is 0. The van der Waals surface area contributed by atoms with Gasteiger partial charge in [0.05, 0.1) is 6.61 Å². The Hall–Kier alpha value is -4.96. The second-order valence-electron chi connectivity index (χ2n) is 9.36. The van der Waals surface area contributed by atoms with Gasteiger partial charge in [-0.3, -0.25) is 14.3 Å². The van der Waals surface area contributed by atoms with Crippen molar-refractivity contribution in [2.45, 2.75) is 25.9 Å². The zero-order valence-corrected chi connectivity index (χ0v) is 22.2. The van der Waals surface area contributed by atoms with Gasteiger partial charge in [-0.2, -0.15) is 0 Å². The maximum absolute atomic E-state index is 13.3. The molecule has 1 amide bonds. The minimum Gasteiger partial charge on any atom is -0.492 e. The molecule has 0 saturated carbocycles. The van der Waals surface area contributed by atoms with Crippen molar-refractivity contribution in [2.24, 2.45) is 0 Å². The topological polar surface area (TPSA) is 72.8 Å². The molecule has 202 valence electrons. The average molecular weight is 534 g/mol. The van der Waals surface area contributed by atoms with Crippen molar-refractivity contribution >= 4 is 5.91 Å². The van der Waals surface area contributed by atoms with Gasteiger partial charge in [0, 0.05) is 38.1 Å². The lowest BCUT2D eigenvalue weighted by Crippen LogP contribution is -2.46. The summed E-state index contributed by atoms with van der Waals surface area (Å²) in [7, 11) is 0. The molecule has 7 nitrogen and oxygen atoms in total. The Morgan fingerprint density at radius 1 is 0.775 bits per heavy atom. The molecule has 1 N–H and O–H groups in total. The van der Waals surface area contributed by atoms with Gasteiger partial charge in [-0.05, 0) is 22.8 Å². The highest BCUT2D eigenvalue weighted by Crippen LogP contribution is 2.22. The van der Waals surface area contributed by atoms with E-state index in [1.165, 1.54) is 11.6 Å². The first kappa shape index (κ1) is 26.6. The fraction of sp³-hybridized carbons (Fsp3) is 0.212. The molecule has 0 radical (unpaired) electrons. The molecule has 5 rings (SSSR count). The lowest BCUT2D eigenvalue weighted by atomic mass is 10.0.